The first-order valence-electron chi connectivity index (χ1n) is 8.49. The van der Waals surface area contributed by atoms with Crippen molar-refractivity contribution in [2.45, 2.75) is 33.2 Å². The second kappa shape index (κ2) is 9.15. The van der Waals surface area contributed by atoms with Gasteiger partial charge in [0.1, 0.15) is 6.61 Å². The van der Waals surface area contributed by atoms with Crippen molar-refractivity contribution in [1.29, 1.82) is 0 Å². The number of aryl methyl sites for hydroxylation is 1. The highest BCUT2D eigenvalue weighted by atomic mass is 17.1. The number of pyridine rings is 3. The first kappa shape index (κ1) is 18.1. The maximum absolute atomic E-state index is 8.64. The molecule has 0 aliphatic rings. The van der Waals surface area contributed by atoms with Crippen LogP contribution in [-0.2, 0) is 31.1 Å². The van der Waals surface area contributed by atoms with Crippen molar-refractivity contribution in [3.8, 4) is 0 Å². The number of rotatable bonds is 8. The summed E-state index contributed by atoms with van der Waals surface area (Å²) < 4.78 is 0. The summed E-state index contributed by atoms with van der Waals surface area (Å²) in [5, 5.41) is 8.64. The minimum atomic E-state index is 0.0769. The molecule has 0 radical (unpaired) electrons. The van der Waals surface area contributed by atoms with E-state index in [0.29, 0.717) is 25.3 Å². The maximum atomic E-state index is 8.64. The van der Waals surface area contributed by atoms with Gasteiger partial charge >= 0.3 is 0 Å². The van der Waals surface area contributed by atoms with E-state index in [-0.39, 0.29) is 6.61 Å². The van der Waals surface area contributed by atoms with E-state index in [9.17, 15) is 0 Å². The molecule has 3 aromatic heterocycles. The summed E-state index contributed by atoms with van der Waals surface area (Å²) in [5.41, 5.74) is 4.60. The van der Waals surface area contributed by atoms with Gasteiger partial charge in [0.05, 0.1) is 22.8 Å². The summed E-state index contributed by atoms with van der Waals surface area (Å²) in [6.07, 6.45) is 1.80. The summed E-state index contributed by atoms with van der Waals surface area (Å²) in [6.45, 7) is 4.10. The average molecular weight is 350 g/mol. The summed E-state index contributed by atoms with van der Waals surface area (Å²) in [7, 11) is 0. The fraction of sp³-hybridized carbons (Fsp3) is 0.250. The normalized spacial score (nSPS) is 11.0. The van der Waals surface area contributed by atoms with Crippen LogP contribution in [0, 0.1) is 6.92 Å². The van der Waals surface area contributed by atoms with Gasteiger partial charge in [0.2, 0.25) is 0 Å². The molecule has 0 amide bonds. The van der Waals surface area contributed by atoms with Gasteiger partial charge in [-0.05, 0) is 43.3 Å². The molecular weight excluding hydrogens is 328 g/mol. The molecule has 0 saturated heterocycles. The second-order valence-electron chi connectivity index (χ2n) is 6.13. The Morgan fingerprint density at radius 3 is 2.15 bits per heavy atom. The van der Waals surface area contributed by atoms with Gasteiger partial charge in [-0.2, -0.15) is 0 Å². The SMILES string of the molecule is Cc1cccc(CN(Cc2ccccn2)Cc2cccc(COO)n2)n1. The summed E-state index contributed by atoms with van der Waals surface area (Å²) in [6, 6.07) is 17.7. The molecule has 1 N–H and O–H groups in total. The molecule has 134 valence electrons. The quantitative estimate of drug-likeness (QED) is 0.496. The topological polar surface area (TPSA) is 71.4 Å². The van der Waals surface area contributed by atoms with Crippen LogP contribution in [-0.4, -0.2) is 25.1 Å². The third-order valence-electron chi connectivity index (χ3n) is 3.91. The molecule has 0 aliphatic heterocycles. The van der Waals surface area contributed by atoms with Crippen LogP contribution in [0.5, 0.6) is 0 Å². The Bertz CT molecular complexity index is 827. The monoisotopic (exact) mass is 350 g/mol. The third kappa shape index (κ3) is 5.42. The van der Waals surface area contributed by atoms with Crippen LogP contribution in [0.3, 0.4) is 0 Å². The Kier molecular flexibility index (Phi) is 6.38. The van der Waals surface area contributed by atoms with E-state index >= 15 is 0 Å². The average Bonchev–Trinajstić information content (AvgIpc) is 2.63. The molecule has 6 nitrogen and oxygen atoms in total. The van der Waals surface area contributed by atoms with E-state index in [2.05, 4.69) is 24.7 Å². The van der Waals surface area contributed by atoms with Crippen LogP contribution in [0.25, 0.3) is 0 Å². The van der Waals surface area contributed by atoms with E-state index in [4.69, 9.17) is 5.26 Å². The number of nitrogens with zero attached hydrogens (tertiary/aromatic N) is 4. The molecule has 0 spiro atoms. The zero-order valence-corrected chi connectivity index (χ0v) is 14.7. The van der Waals surface area contributed by atoms with E-state index in [1.807, 2.05) is 61.5 Å². The van der Waals surface area contributed by atoms with Crippen molar-refractivity contribution in [2.75, 3.05) is 0 Å². The Morgan fingerprint density at radius 1 is 0.808 bits per heavy atom. The Hall–Kier alpha value is -2.67. The van der Waals surface area contributed by atoms with Gasteiger partial charge in [0, 0.05) is 31.5 Å². The van der Waals surface area contributed by atoms with Crippen LogP contribution in [0.4, 0.5) is 0 Å². The molecule has 3 rings (SSSR count). The molecule has 0 aromatic carbocycles. The molecule has 0 bridgehead atoms. The predicted molar refractivity (Wildman–Crippen MR) is 97.8 cm³/mol. The highest BCUT2D eigenvalue weighted by Crippen LogP contribution is 2.12. The third-order valence-corrected chi connectivity index (χ3v) is 3.91. The molecule has 0 aliphatic carbocycles. The largest absolute Gasteiger partial charge is 0.286 e. The molecule has 3 aromatic rings. The molecule has 0 fully saturated rings. The zero-order valence-electron chi connectivity index (χ0n) is 14.7. The highest BCUT2D eigenvalue weighted by Gasteiger charge is 2.11. The lowest BCUT2D eigenvalue weighted by Gasteiger charge is -2.21. The van der Waals surface area contributed by atoms with Crippen LogP contribution in [0.1, 0.15) is 28.5 Å². The van der Waals surface area contributed by atoms with Crippen molar-refractivity contribution in [3.05, 3.63) is 89.3 Å². The molecule has 3 heterocycles. The van der Waals surface area contributed by atoms with E-state index < -0.39 is 0 Å². The van der Waals surface area contributed by atoms with Crippen LogP contribution in [0.15, 0.2) is 60.8 Å². The van der Waals surface area contributed by atoms with Gasteiger partial charge in [-0.1, -0.05) is 18.2 Å². The van der Waals surface area contributed by atoms with Gasteiger partial charge in [0.15, 0.2) is 0 Å². The van der Waals surface area contributed by atoms with Crippen molar-refractivity contribution < 1.29 is 10.1 Å². The van der Waals surface area contributed by atoms with Crippen molar-refractivity contribution in [2.24, 2.45) is 0 Å². The van der Waals surface area contributed by atoms with Gasteiger partial charge < -0.3 is 0 Å². The van der Waals surface area contributed by atoms with Gasteiger partial charge in [-0.15, -0.1) is 0 Å². The van der Waals surface area contributed by atoms with Crippen LogP contribution < -0.4 is 0 Å². The molecule has 26 heavy (non-hydrogen) atoms. The summed E-state index contributed by atoms with van der Waals surface area (Å²) in [4.78, 5) is 20.0. The van der Waals surface area contributed by atoms with Crippen LogP contribution in [0.2, 0.25) is 0 Å². The van der Waals surface area contributed by atoms with Gasteiger partial charge in [-0.3, -0.25) is 25.1 Å². The minimum Gasteiger partial charge on any atom is -0.286 e. The first-order valence-corrected chi connectivity index (χ1v) is 8.49. The van der Waals surface area contributed by atoms with Gasteiger partial charge in [0.25, 0.3) is 0 Å². The number of hydrogen-bond donors (Lipinski definition) is 1. The number of aromatic nitrogens is 3. The molecule has 0 saturated carbocycles. The Morgan fingerprint density at radius 2 is 1.46 bits per heavy atom. The minimum absolute atomic E-state index is 0.0769. The van der Waals surface area contributed by atoms with Crippen LogP contribution >= 0.6 is 0 Å². The lowest BCUT2D eigenvalue weighted by Crippen LogP contribution is -2.24. The number of hydrogen-bond acceptors (Lipinski definition) is 6. The molecule has 6 heteroatoms. The fourth-order valence-electron chi connectivity index (χ4n) is 2.80. The second-order valence-corrected chi connectivity index (χ2v) is 6.13. The lowest BCUT2D eigenvalue weighted by molar-refractivity contribution is -0.253. The Labute approximate surface area is 153 Å². The highest BCUT2D eigenvalue weighted by molar-refractivity contribution is 5.13. The predicted octanol–water partition coefficient (Wildman–Crippen LogP) is 3.37. The fourth-order valence-corrected chi connectivity index (χ4v) is 2.80. The van der Waals surface area contributed by atoms with E-state index in [1.165, 1.54) is 0 Å². The van der Waals surface area contributed by atoms with E-state index in [0.717, 1.165) is 22.8 Å². The first-order chi connectivity index (χ1) is 12.7. The summed E-state index contributed by atoms with van der Waals surface area (Å²) in [5.74, 6) is 0. The lowest BCUT2D eigenvalue weighted by atomic mass is 10.2. The maximum Gasteiger partial charge on any atom is 0.124 e. The van der Waals surface area contributed by atoms with Crippen molar-refractivity contribution in [1.82, 2.24) is 19.9 Å². The molecule has 0 atom stereocenters. The molecule has 0 unspecified atom stereocenters. The van der Waals surface area contributed by atoms with E-state index in [1.54, 1.807) is 6.20 Å². The van der Waals surface area contributed by atoms with Gasteiger partial charge in [-0.25, -0.2) is 4.89 Å². The smallest absolute Gasteiger partial charge is 0.124 e. The van der Waals surface area contributed by atoms with Crippen molar-refractivity contribution >= 4 is 0 Å². The summed E-state index contributed by atoms with van der Waals surface area (Å²) >= 11 is 0. The standard InChI is InChI=1S/C20H22N4O2/c1-16-6-4-8-18(22-16)13-24(12-17-7-2-3-11-21-17)14-19-9-5-10-20(23-19)15-26-25/h2-11,25H,12-15H2,1H3. The van der Waals surface area contributed by atoms with Crippen molar-refractivity contribution in [3.63, 3.8) is 0 Å². The molecular formula is C20H22N4O2. The Balaban J connectivity index is 1.79. The zero-order chi connectivity index (χ0) is 18.2.